The van der Waals surface area contributed by atoms with Crippen molar-refractivity contribution in [2.24, 2.45) is 5.73 Å². The van der Waals surface area contributed by atoms with E-state index in [1.54, 1.807) is 0 Å². The number of benzene rings is 1. The summed E-state index contributed by atoms with van der Waals surface area (Å²) in [6, 6.07) is 2.92. The fraction of sp³-hybridized carbons (Fsp3) is 0.400. The first-order valence-corrected chi connectivity index (χ1v) is 4.97. The molecule has 96 valence electrons. The number of alkyl halides is 5. The van der Waals surface area contributed by atoms with Crippen molar-refractivity contribution in [2.45, 2.75) is 18.5 Å². The molecule has 2 N–H and O–H groups in total. The van der Waals surface area contributed by atoms with E-state index in [1.807, 2.05) is 0 Å². The van der Waals surface area contributed by atoms with Crippen molar-refractivity contribution in [1.29, 1.82) is 0 Å². The molecule has 0 amide bonds. The SMILES string of the molecule is NCC(F)(F)Cc1c(Cl)cccc1C(F)(F)F. The molecule has 0 heterocycles. The van der Waals surface area contributed by atoms with Crippen LogP contribution in [-0.2, 0) is 12.6 Å². The van der Waals surface area contributed by atoms with Gasteiger partial charge in [0.05, 0.1) is 12.1 Å². The Balaban J connectivity index is 3.22. The Hall–Kier alpha value is -0.880. The summed E-state index contributed by atoms with van der Waals surface area (Å²) in [4.78, 5) is 0. The maximum absolute atomic E-state index is 13.0. The molecule has 7 heteroatoms. The quantitative estimate of drug-likeness (QED) is 0.838. The minimum absolute atomic E-state index is 0.340. The molecule has 0 aliphatic carbocycles. The predicted molar refractivity (Wildman–Crippen MR) is 54.2 cm³/mol. The molecule has 0 saturated carbocycles. The van der Waals surface area contributed by atoms with Gasteiger partial charge in [0.25, 0.3) is 5.92 Å². The lowest BCUT2D eigenvalue weighted by atomic mass is 10.0. The minimum Gasteiger partial charge on any atom is -0.325 e. The Kier molecular flexibility index (Phi) is 3.99. The highest BCUT2D eigenvalue weighted by atomic mass is 35.5. The van der Waals surface area contributed by atoms with Gasteiger partial charge in [0, 0.05) is 11.4 Å². The van der Waals surface area contributed by atoms with E-state index < -0.39 is 36.2 Å². The smallest absolute Gasteiger partial charge is 0.325 e. The second-order valence-electron chi connectivity index (χ2n) is 3.50. The highest BCUT2D eigenvalue weighted by molar-refractivity contribution is 6.31. The van der Waals surface area contributed by atoms with Crippen LogP contribution >= 0.6 is 11.6 Å². The summed E-state index contributed by atoms with van der Waals surface area (Å²) in [6.45, 7) is -1.03. The zero-order valence-electron chi connectivity index (χ0n) is 8.49. The van der Waals surface area contributed by atoms with Gasteiger partial charge >= 0.3 is 6.18 Å². The van der Waals surface area contributed by atoms with Crippen LogP contribution in [0.4, 0.5) is 22.0 Å². The Labute approximate surface area is 99.4 Å². The van der Waals surface area contributed by atoms with E-state index in [0.29, 0.717) is 6.07 Å². The molecule has 0 saturated heterocycles. The fourth-order valence-corrected chi connectivity index (χ4v) is 1.58. The van der Waals surface area contributed by atoms with Crippen LogP contribution in [0.25, 0.3) is 0 Å². The second-order valence-corrected chi connectivity index (χ2v) is 3.91. The van der Waals surface area contributed by atoms with Gasteiger partial charge in [0.2, 0.25) is 0 Å². The Morgan fingerprint density at radius 3 is 2.18 bits per heavy atom. The molecule has 0 bridgehead atoms. The highest BCUT2D eigenvalue weighted by Gasteiger charge is 2.37. The molecule has 0 aliphatic heterocycles. The average Bonchev–Trinajstić information content (AvgIpc) is 2.19. The molecule has 0 spiro atoms. The molecule has 0 fully saturated rings. The predicted octanol–water partition coefficient (Wildman–Crippen LogP) is 3.50. The summed E-state index contributed by atoms with van der Waals surface area (Å²) < 4.78 is 63.8. The topological polar surface area (TPSA) is 26.0 Å². The minimum atomic E-state index is -4.72. The van der Waals surface area contributed by atoms with E-state index in [9.17, 15) is 22.0 Å². The standard InChI is InChI=1S/C10H9ClF5N/c11-8-3-1-2-7(10(14,15)16)6(8)4-9(12,13)5-17/h1-3H,4-5,17H2. The second kappa shape index (κ2) is 4.78. The average molecular weight is 274 g/mol. The van der Waals surface area contributed by atoms with E-state index in [0.717, 1.165) is 12.1 Å². The maximum atomic E-state index is 13.0. The van der Waals surface area contributed by atoms with Gasteiger partial charge < -0.3 is 5.73 Å². The number of hydrogen-bond acceptors (Lipinski definition) is 1. The van der Waals surface area contributed by atoms with Crippen LogP contribution in [0.2, 0.25) is 5.02 Å². The Morgan fingerprint density at radius 1 is 1.12 bits per heavy atom. The number of rotatable bonds is 3. The molecule has 1 rings (SSSR count). The third-order valence-corrected chi connectivity index (χ3v) is 2.51. The first kappa shape index (κ1) is 14.2. The lowest BCUT2D eigenvalue weighted by Gasteiger charge is -2.19. The van der Waals surface area contributed by atoms with Gasteiger partial charge in [0.15, 0.2) is 0 Å². The molecular formula is C10H9ClF5N. The van der Waals surface area contributed by atoms with Gasteiger partial charge in [-0.15, -0.1) is 0 Å². The number of halogens is 6. The van der Waals surface area contributed by atoms with Gasteiger partial charge in [-0.3, -0.25) is 0 Å². The molecule has 1 aromatic carbocycles. The molecule has 1 nitrogen and oxygen atoms in total. The molecule has 0 aliphatic rings. The monoisotopic (exact) mass is 273 g/mol. The molecule has 1 aromatic rings. The van der Waals surface area contributed by atoms with Crippen LogP contribution in [-0.4, -0.2) is 12.5 Å². The molecular weight excluding hydrogens is 265 g/mol. The summed E-state index contributed by atoms with van der Waals surface area (Å²) in [7, 11) is 0. The summed E-state index contributed by atoms with van der Waals surface area (Å²) in [5.74, 6) is -3.41. The van der Waals surface area contributed by atoms with E-state index in [-0.39, 0.29) is 5.02 Å². The van der Waals surface area contributed by atoms with Gasteiger partial charge in [-0.1, -0.05) is 17.7 Å². The van der Waals surface area contributed by atoms with Crippen molar-refractivity contribution in [3.8, 4) is 0 Å². The van der Waals surface area contributed by atoms with Crippen LogP contribution < -0.4 is 5.73 Å². The summed E-state index contributed by atoms with van der Waals surface area (Å²) in [5, 5.41) is -0.340. The van der Waals surface area contributed by atoms with Gasteiger partial charge in [-0.05, 0) is 17.7 Å². The number of hydrogen-bond donors (Lipinski definition) is 1. The summed E-state index contributed by atoms with van der Waals surface area (Å²) in [5.41, 5.74) is 3.01. The zero-order valence-corrected chi connectivity index (χ0v) is 9.25. The van der Waals surface area contributed by atoms with Crippen molar-refractivity contribution in [3.63, 3.8) is 0 Å². The van der Waals surface area contributed by atoms with Crippen LogP contribution in [0.3, 0.4) is 0 Å². The van der Waals surface area contributed by atoms with E-state index in [2.05, 4.69) is 0 Å². The molecule has 17 heavy (non-hydrogen) atoms. The largest absolute Gasteiger partial charge is 0.416 e. The lowest BCUT2D eigenvalue weighted by molar-refractivity contribution is -0.138. The fourth-order valence-electron chi connectivity index (χ4n) is 1.33. The first-order chi connectivity index (χ1) is 7.67. The molecule has 0 aromatic heterocycles. The molecule has 0 unspecified atom stereocenters. The van der Waals surface area contributed by atoms with E-state index in [4.69, 9.17) is 17.3 Å². The third-order valence-electron chi connectivity index (χ3n) is 2.16. The van der Waals surface area contributed by atoms with Crippen molar-refractivity contribution in [3.05, 3.63) is 34.3 Å². The van der Waals surface area contributed by atoms with Crippen molar-refractivity contribution >= 4 is 11.6 Å². The van der Waals surface area contributed by atoms with Crippen molar-refractivity contribution < 1.29 is 22.0 Å². The van der Waals surface area contributed by atoms with Crippen molar-refractivity contribution in [1.82, 2.24) is 0 Å². The first-order valence-electron chi connectivity index (χ1n) is 4.60. The van der Waals surface area contributed by atoms with E-state index >= 15 is 0 Å². The van der Waals surface area contributed by atoms with Crippen LogP contribution in [0, 0.1) is 0 Å². The summed E-state index contributed by atoms with van der Waals surface area (Å²) in [6.07, 6.45) is -5.84. The Bertz CT molecular complexity index is 402. The normalized spacial score (nSPS) is 12.9. The Morgan fingerprint density at radius 2 is 1.71 bits per heavy atom. The highest BCUT2D eigenvalue weighted by Crippen LogP contribution is 2.37. The zero-order chi connectivity index (χ0) is 13.3. The number of nitrogens with two attached hydrogens (primary N) is 1. The van der Waals surface area contributed by atoms with Gasteiger partial charge in [-0.2, -0.15) is 13.2 Å². The third kappa shape index (κ3) is 3.54. The molecule has 0 radical (unpaired) electrons. The summed E-state index contributed by atoms with van der Waals surface area (Å²) >= 11 is 5.52. The van der Waals surface area contributed by atoms with E-state index in [1.165, 1.54) is 0 Å². The van der Waals surface area contributed by atoms with Gasteiger partial charge in [-0.25, -0.2) is 8.78 Å². The van der Waals surface area contributed by atoms with Crippen LogP contribution in [0.15, 0.2) is 18.2 Å². The van der Waals surface area contributed by atoms with Gasteiger partial charge in [0.1, 0.15) is 0 Å². The van der Waals surface area contributed by atoms with Crippen LogP contribution in [0.5, 0.6) is 0 Å². The molecule has 0 atom stereocenters. The lowest BCUT2D eigenvalue weighted by Crippen LogP contribution is -2.31. The van der Waals surface area contributed by atoms with Crippen LogP contribution in [0.1, 0.15) is 11.1 Å². The van der Waals surface area contributed by atoms with Crippen molar-refractivity contribution in [2.75, 3.05) is 6.54 Å². The maximum Gasteiger partial charge on any atom is 0.416 e.